The molecule has 0 aliphatic carbocycles. The van der Waals surface area contributed by atoms with E-state index in [4.69, 9.17) is 11.6 Å². The number of nitrogens with zero attached hydrogens (tertiary/aromatic N) is 4. The number of hydrogen-bond acceptors (Lipinski definition) is 4. The number of halogens is 2. The normalized spacial score (nSPS) is 12.2. The van der Waals surface area contributed by atoms with Crippen LogP contribution in [0, 0.1) is 5.82 Å². The van der Waals surface area contributed by atoms with Gasteiger partial charge in [-0.05, 0) is 41.8 Å². The number of aromatic nitrogens is 4. The first-order chi connectivity index (χ1) is 12.8. The molecule has 1 N–H and O–H groups in total. The third kappa shape index (κ3) is 4.31. The van der Waals surface area contributed by atoms with Crippen molar-refractivity contribution in [2.45, 2.75) is 32.7 Å². The van der Waals surface area contributed by atoms with Crippen molar-refractivity contribution in [1.82, 2.24) is 20.2 Å². The van der Waals surface area contributed by atoms with Crippen molar-refractivity contribution in [3.8, 4) is 11.4 Å². The van der Waals surface area contributed by atoms with Crippen LogP contribution < -0.4 is 5.32 Å². The van der Waals surface area contributed by atoms with Crippen LogP contribution in [0.4, 0.5) is 10.1 Å². The molecule has 3 aromatic rings. The molecule has 3 rings (SSSR count). The fraction of sp³-hybridized carbons (Fsp3) is 0.263. The number of amides is 1. The fourth-order valence-electron chi connectivity index (χ4n) is 2.45. The van der Waals surface area contributed by atoms with E-state index in [1.54, 1.807) is 6.92 Å². The molecule has 0 radical (unpaired) electrons. The summed E-state index contributed by atoms with van der Waals surface area (Å²) in [6.45, 7) is 5.88. The number of hydrogen-bond donors (Lipinski definition) is 1. The van der Waals surface area contributed by atoms with Crippen LogP contribution in [0.1, 0.15) is 38.3 Å². The molecule has 1 atom stereocenters. The Balaban J connectivity index is 1.74. The van der Waals surface area contributed by atoms with E-state index >= 15 is 0 Å². The zero-order valence-corrected chi connectivity index (χ0v) is 15.9. The van der Waals surface area contributed by atoms with Crippen LogP contribution >= 0.6 is 11.6 Å². The highest BCUT2D eigenvalue weighted by Crippen LogP contribution is 2.24. The van der Waals surface area contributed by atoms with Crippen LogP contribution in [-0.4, -0.2) is 26.1 Å². The van der Waals surface area contributed by atoms with Crippen molar-refractivity contribution < 1.29 is 9.18 Å². The Morgan fingerprint density at radius 3 is 2.48 bits per heavy atom. The van der Waals surface area contributed by atoms with Gasteiger partial charge in [0.05, 0.1) is 10.7 Å². The van der Waals surface area contributed by atoms with Gasteiger partial charge in [0.1, 0.15) is 11.9 Å². The molecule has 0 fully saturated rings. The van der Waals surface area contributed by atoms with Gasteiger partial charge in [-0.3, -0.25) is 4.79 Å². The first-order valence-corrected chi connectivity index (χ1v) is 8.88. The lowest BCUT2D eigenvalue weighted by Gasteiger charge is -2.11. The number of nitrogens with one attached hydrogen (secondary N) is 1. The minimum Gasteiger partial charge on any atom is -0.323 e. The molecule has 0 spiro atoms. The van der Waals surface area contributed by atoms with E-state index in [0.717, 1.165) is 11.6 Å². The topological polar surface area (TPSA) is 72.7 Å². The number of benzene rings is 2. The first kappa shape index (κ1) is 19.0. The van der Waals surface area contributed by atoms with Crippen LogP contribution in [0.3, 0.4) is 0 Å². The Morgan fingerprint density at radius 2 is 1.85 bits per heavy atom. The van der Waals surface area contributed by atoms with Crippen molar-refractivity contribution in [2.24, 2.45) is 0 Å². The van der Waals surface area contributed by atoms with Crippen LogP contribution in [0.15, 0.2) is 42.5 Å². The van der Waals surface area contributed by atoms with Crippen molar-refractivity contribution >= 4 is 23.2 Å². The van der Waals surface area contributed by atoms with Gasteiger partial charge in [0.25, 0.3) is 5.91 Å². The highest BCUT2D eigenvalue weighted by atomic mass is 35.5. The average molecular weight is 388 g/mol. The summed E-state index contributed by atoms with van der Waals surface area (Å²) in [5, 5.41) is 15.0. The van der Waals surface area contributed by atoms with E-state index in [-0.39, 0.29) is 10.9 Å². The SMILES string of the molecule is CC(C)c1ccc(-c2nnn([C@@H](C)C(=O)Nc3ccc(F)cc3Cl)n2)cc1. The smallest absolute Gasteiger partial charge is 0.250 e. The maximum Gasteiger partial charge on any atom is 0.250 e. The molecular weight excluding hydrogens is 369 g/mol. The Kier molecular flexibility index (Phi) is 5.51. The molecule has 1 heterocycles. The van der Waals surface area contributed by atoms with E-state index < -0.39 is 11.9 Å². The molecule has 0 unspecified atom stereocenters. The molecule has 0 saturated carbocycles. The first-order valence-electron chi connectivity index (χ1n) is 8.51. The Labute approximate surface area is 161 Å². The lowest BCUT2D eigenvalue weighted by atomic mass is 10.0. The fourth-order valence-corrected chi connectivity index (χ4v) is 2.67. The van der Waals surface area contributed by atoms with Crippen molar-refractivity contribution in [2.75, 3.05) is 5.32 Å². The summed E-state index contributed by atoms with van der Waals surface area (Å²) >= 11 is 5.94. The second kappa shape index (κ2) is 7.84. The molecule has 0 aliphatic rings. The largest absolute Gasteiger partial charge is 0.323 e. The van der Waals surface area contributed by atoms with Crippen LogP contribution in [0.2, 0.25) is 5.02 Å². The Bertz CT molecular complexity index is 955. The minimum atomic E-state index is -0.720. The van der Waals surface area contributed by atoms with Crippen molar-refractivity contribution in [1.29, 1.82) is 0 Å². The van der Waals surface area contributed by atoms with E-state index in [2.05, 4.69) is 34.6 Å². The summed E-state index contributed by atoms with van der Waals surface area (Å²) in [7, 11) is 0. The van der Waals surface area contributed by atoms with Gasteiger partial charge in [-0.15, -0.1) is 10.2 Å². The molecule has 0 saturated heterocycles. The van der Waals surface area contributed by atoms with E-state index in [1.165, 1.54) is 22.5 Å². The van der Waals surface area contributed by atoms with Gasteiger partial charge in [-0.2, -0.15) is 4.80 Å². The number of anilines is 1. The Hall–Kier alpha value is -2.80. The zero-order valence-electron chi connectivity index (χ0n) is 15.1. The summed E-state index contributed by atoms with van der Waals surface area (Å²) in [5.41, 5.74) is 2.36. The van der Waals surface area contributed by atoms with Gasteiger partial charge in [-0.1, -0.05) is 49.7 Å². The number of carbonyl (C=O) groups is 1. The second-order valence-electron chi connectivity index (χ2n) is 6.50. The molecular formula is C19H19ClFN5O. The number of carbonyl (C=O) groups excluding carboxylic acids is 1. The van der Waals surface area contributed by atoms with Gasteiger partial charge in [0.15, 0.2) is 0 Å². The summed E-state index contributed by atoms with van der Waals surface area (Å²) < 4.78 is 13.1. The van der Waals surface area contributed by atoms with Crippen LogP contribution in [-0.2, 0) is 4.79 Å². The van der Waals surface area contributed by atoms with Crippen LogP contribution in [0.25, 0.3) is 11.4 Å². The lowest BCUT2D eigenvalue weighted by molar-refractivity contribution is -0.119. The molecule has 140 valence electrons. The van der Waals surface area contributed by atoms with Crippen molar-refractivity contribution in [3.63, 3.8) is 0 Å². The third-order valence-corrected chi connectivity index (χ3v) is 4.49. The van der Waals surface area contributed by atoms with Gasteiger partial charge < -0.3 is 5.32 Å². The van der Waals surface area contributed by atoms with Crippen LogP contribution in [0.5, 0.6) is 0 Å². The standard InChI is InChI=1S/C19H19ClFN5O/c1-11(2)13-4-6-14(7-5-13)18-23-25-26(24-18)12(3)19(27)22-17-9-8-15(21)10-16(17)20/h4-12H,1-3H3,(H,22,27)/t12-/m0/s1. The monoisotopic (exact) mass is 387 g/mol. The molecule has 1 aromatic heterocycles. The van der Waals surface area contributed by atoms with Gasteiger partial charge >= 0.3 is 0 Å². The average Bonchev–Trinajstić information content (AvgIpc) is 3.13. The predicted octanol–water partition coefficient (Wildman–Crippen LogP) is 4.46. The third-order valence-electron chi connectivity index (χ3n) is 4.18. The van der Waals surface area contributed by atoms with Gasteiger partial charge in [0.2, 0.25) is 5.82 Å². The van der Waals surface area contributed by atoms with Crippen molar-refractivity contribution in [3.05, 3.63) is 58.9 Å². The molecule has 2 aromatic carbocycles. The summed E-state index contributed by atoms with van der Waals surface area (Å²) in [6, 6.07) is 10.9. The summed E-state index contributed by atoms with van der Waals surface area (Å²) in [4.78, 5) is 13.7. The minimum absolute atomic E-state index is 0.119. The van der Waals surface area contributed by atoms with E-state index in [1.807, 2.05) is 24.3 Å². The van der Waals surface area contributed by atoms with Gasteiger partial charge in [-0.25, -0.2) is 4.39 Å². The lowest BCUT2D eigenvalue weighted by Crippen LogP contribution is -2.25. The summed E-state index contributed by atoms with van der Waals surface area (Å²) in [6.07, 6.45) is 0. The summed E-state index contributed by atoms with van der Waals surface area (Å²) in [5.74, 6) is 0.00852. The second-order valence-corrected chi connectivity index (χ2v) is 6.91. The molecule has 1 amide bonds. The quantitative estimate of drug-likeness (QED) is 0.701. The molecule has 8 heteroatoms. The predicted molar refractivity (Wildman–Crippen MR) is 102 cm³/mol. The molecule has 6 nitrogen and oxygen atoms in total. The van der Waals surface area contributed by atoms with E-state index in [0.29, 0.717) is 17.4 Å². The highest BCUT2D eigenvalue weighted by molar-refractivity contribution is 6.33. The van der Waals surface area contributed by atoms with Gasteiger partial charge in [0, 0.05) is 5.56 Å². The maximum absolute atomic E-state index is 13.1. The maximum atomic E-state index is 13.1. The number of tetrazole rings is 1. The zero-order chi connectivity index (χ0) is 19.6. The number of rotatable bonds is 5. The molecule has 27 heavy (non-hydrogen) atoms. The molecule has 0 aliphatic heterocycles. The Morgan fingerprint density at radius 1 is 1.15 bits per heavy atom. The van der Waals surface area contributed by atoms with E-state index in [9.17, 15) is 9.18 Å². The highest BCUT2D eigenvalue weighted by Gasteiger charge is 2.20. The molecule has 0 bridgehead atoms.